The molecule has 2 heterocycles. The zero-order valence-electron chi connectivity index (χ0n) is 17.8. The molecule has 1 aromatic heterocycles. The number of methoxy groups -OCH3 is 1. The van der Waals surface area contributed by atoms with E-state index in [1.54, 1.807) is 25.4 Å². The Balaban J connectivity index is 1.62. The molecule has 4 aromatic rings. The van der Waals surface area contributed by atoms with Gasteiger partial charge in [-0.3, -0.25) is 4.99 Å². The molecule has 0 saturated heterocycles. The molecule has 164 valence electrons. The van der Waals surface area contributed by atoms with Crippen LogP contribution in [0.4, 0.5) is 16.0 Å². The number of benzene rings is 3. The van der Waals surface area contributed by atoms with E-state index in [9.17, 15) is 4.39 Å². The van der Waals surface area contributed by atoms with Gasteiger partial charge >= 0.3 is 0 Å². The highest BCUT2D eigenvalue weighted by molar-refractivity contribution is 14.1. The lowest BCUT2D eigenvalue weighted by molar-refractivity contribution is 0.415. The average molecular weight is 550 g/mol. The Hall–Kier alpha value is -3.33. The summed E-state index contributed by atoms with van der Waals surface area (Å²) in [6, 6.07) is 20.6. The molecule has 1 aliphatic heterocycles. The normalized spacial score (nSPS) is 12.3. The smallest absolute Gasteiger partial charge is 0.227 e. The van der Waals surface area contributed by atoms with Crippen molar-refractivity contribution in [2.75, 3.05) is 12.4 Å². The van der Waals surface area contributed by atoms with Gasteiger partial charge < -0.3 is 10.1 Å². The first kappa shape index (κ1) is 21.5. The molecule has 1 N–H and O–H groups in total. The van der Waals surface area contributed by atoms with E-state index in [0.29, 0.717) is 23.8 Å². The molecule has 7 heteroatoms. The topological polar surface area (TPSA) is 59.4 Å². The van der Waals surface area contributed by atoms with Gasteiger partial charge in [0.25, 0.3) is 0 Å². The zero-order chi connectivity index (χ0) is 22.8. The number of aliphatic imine (C=N–C) groups is 1. The number of fused-ring (bicyclic) bond motifs is 3. The van der Waals surface area contributed by atoms with Gasteiger partial charge in [-0.15, -0.1) is 0 Å². The Morgan fingerprint density at radius 1 is 1.00 bits per heavy atom. The largest absolute Gasteiger partial charge is 0.497 e. The van der Waals surface area contributed by atoms with E-state index in [1.807, 2.05) is 36.4 Å². The van der Waals surface area contributed by atoms with Gasteiger partial charge in [0, 0.05) is 44.6 Å². The number of ether oxygens (including phenoxy) is 1. The second-order valence-corrected chi connectivity index (χ2v) is 8.35. The number of anilines is 2. The fraction of sp³-hybridized carbons (Fsp3) is 0.115. The highest BCUT2D eigenvalue weighted by atomic mass is 127. The van der Waals surface area contributed by atoms with Crippen LogP contribution in [0.15, 0.2) is 77.9 Å². The summed E-state index contributed by atoms with van der Waals surface area (Å²) < 4.78 is 20.9. The quantitative estimate of drug-likeness (QED) is 0.234. The lowest BCUT2D eigenvalue weighted by atomic mass is 9.93. The van der Waals surface area contributed by atoms with Crippen LogP contribution in [-0.2, 0) is 11.0 Å². The Morgan fingerprint density at radius 3 is 2.70 bits per heavy atom. The SMILES string of the molecule is COc1cccc(Nc2ncc3c(n2)-c2ccc(CI)cc2C(c2ccccc2F)=NC3)c1. The van der Waals surface area contributed by atoms with Crippen LogP contribution in [0.2, 0.25) is 0 Å². The first-order valence-corrected chi connectivity index (χ1v) is 11.9. The molecule has 3 aromatic carbocycles. The van der Waals surface area contributed by atoms with E-state index in [4.69, 9.17) is 14.7 Å². The minimum Gasteiger partial charge on any atom is -0.497 e. The van der Waals surface area contributed by atoms with E-state index < -0.39 is 0 Å². The van der Waals surface area contributed by atoms with Crippen molar-refractivity contribution in [2.24, 2.45) is 4.99 Å². The molecule has 0 radical (unpaired) electrons. The van der Waals surface area contributed by atoms with Crippen molar-refractivity contribution in [2.45, 2.75) is 11.0 Å². The number of alkyl halides is 1. The van der Waals surface area contributed by atoms with E-state index >= 15 is 0 Å². The van der Waals surface area contributed by atoms with Crippen molar-refractivity contribution in [3.8, 4) is 17.0 Å². The molecule has 1 aliphatic rings. The molecule has 0 amide bonds. The fourth-order valence-electron chi connectivity index (χ4n) is 3.86. The third-order valence-corrected chi connectivity index (χ3v) is 6.36. The second-order valence-electron chi connectivity index (χ2n) is 7.58. The summed E-state index contributed by atoms with van der Waals surface area (Å²) in [4.78, 5) is 14.1. The molecule has 5 nitrogen and oxygen atoms in total. The first-order valence-electron chi connectivity index (χ1n) is 10.4. The summed E-state index contributed by atoms with van der Waals surface area (Å²) in [5.74, 6) is 0.925. The number of aromatic nitrogens is 2. The molecule has 0 atom stereocenters. The molecule has 0 fully saturated rings. The van der Waals surface area contributed by atoms with E-state index in [0.717, 1.165) is 43.8 Å². The maximum atomic E-state index is 14.7. The van der Waals surface area contributed by atoms with Crippen LogP contribution in [0.5, 0.6) is 5.75 Å². The summed E-state index contributed by atoms with van der Waals surface area (Å²) >= 11 is 2.33. The summed E-state index contributed by atoms with van der Waals surface area (Å²) in [6.45, 7) is 0.368. The average Bonchev–Trinajstić information content (AvgIpc) is 3.01. The molecule has 33 heavy (non-hydrogen) atoms. The molecule has 0 aliphatic carbocycles. The van der Waals surface area contributed by atoms with Gasteiger partial charge in [-0.1, -0.05) is 52.9 Å². The number of nitrogens with zero attached hydrogens (tertiary/aromatic N) is 3. The molecule has 0 spiro atoms. The Morgan fingerprint density at radius 2 is 1.88 bits per heavy atom. The van der Waals surface area contributed by atoms with Gasteiger partial charge in [0.15, 0.2) is 0 Å². The third-order valence-electron chi connectivity index (χ3n) is 5.48. The molecular weight excluding hydrogens is 530 g/mol. The first-order chi connectivity index (χ1) is 16.2. The van der Waals surface area contributed by atoms with Crippen LogP contribution < -0.4 is 10.1 Å². The standard InChI is InChI=1S/C26H20FIN4O/c1-33-19-6-4-5-18(12-19)31-26-30-15-17-14-29-25(21-7-2-3-8-23(21)27)22-11-16(13-28)9-10-20(22)24(17)32-26/h2-12,15H,13-14H2,1H3,(H,30,31,32). The monoisotopic (exact) mass is 550 g/mol. The van der Waals surface area contributed by atoms with Crippen molar-refractivity contribution >= 4 is 39.9 Å². The Kier molecular flexibility index (Phi) is 6.04. The number of hydrogen-bond donors (Lipinski definition) is 1. The van der Waals surface area contributed by atoms with Gasteiger partial charge in [-0.2, -0.15) is 0 Å². The molecule has 0 unspecified atom stereocenters. The van der Waals surface area contributed by atoms with Crippen molar-refractivity contribution in [1.82, 2.24) is 9.97 Å². The number of nitrogens with one attached hydrogen (secondary N) is 1. The molecule has 0 bridgehead atoms. The van der Waals surface area contributed by atoms with Crippen molar-refractivity contribution in [1.29, 1.82) is 0 Å². The predicted octanol–water partition coefficient (Wildman–Crippen LogP) is 6.32. The maximum absolute atomic E-state index is 14.7. The van der Waals surface area contributed by atoms with Crippen LogP contribution in [0, 0.1) is 5.82 Å². The van der Waals surface area contributed by atoms with Crippen LogP contribution in [-0.4, -0.2) is 22.8 Å². The van der Waals surface area contributed by atoms with Gasteiger partial charge in [-0.25, -0.2) is 14.4 Å². The Labute approximate surface area is 204 Å². The van der Waals surface area contributed by atoms with Crippen LogP contribution in [0.3, 0.4) is 0 Å². The van der Waals surface area contributed by atoms with Gasteiger partial charge in [-0.05, 0) is 35.9 Å². The maximum Gasteiger partial charge on any atom is 0.227 e. The summed E-state index contributed by atoms with van der Waals surface area (Å²) in [6.07, 6.45) is 1.79. The Bertz CT molecular complexity index is 1370. The predicted molar refractivity (Wildman–Crippen MR) is 137 cm³/mol. The number of halogens is 2. The number of hydrogen-bond acceptors (Lipinski definition) is 5. The minimum atomic E-state index is -0.292. The summed E-state index contributed by atoms with van der Waals surface area (Å²) in [5.41, 5.74) is 6.56. The molecule has 5 rings (SSSR count). The van der Waals surface area contributed by atoms with Crippen molar-refractivity contribution < 1.29 is 9.13 Å². The van der Waals surface area contributed by atoms with Gasteiger partial charge in [0.1, 0.15) is 11.6 Å². The minimum absolute atomic E-state index is 0.292. The van der Waals surface area contributed by atoms with Gasteiger partial charge in [0.2, 0.25) is 5.95 Å². The van der Waals surface area contributed by atoms with Crippen LogP contribution in [0.25, 0.3) is 11.3 Å². The lowest BCUT2D eigenvalue weighted by Crippen LogP contribution is -2.08. The highest BCUT2D eigenvalue weighted by Gasteiger charge is 2.23. The summed E-state index contributed by atoms with van der Waals surface area (Å²) in [7, 11) is 1.63. The fourth-order valence-corrected chi connectivity index (χ4v) is 4.33. The van der Waals surface area contributed by atoms with Crippen molar-refractivity contribution in [3.63, 3.8) is 0 Å². The molecular formula is C26H20FIN4O. The summed E-state index contributed by atoms with van der Waals surface area (Å²) in [5, 5.41) is 3.25. The van der Waals surface area contributed by atoms with E-state index in [-0.39, 0.29) is 5.82 Å². The highest BCUT2D eigenvalue weighted by Crippen LogP contribution is 2.34. The lowest BCUT2D eigenvalue weighted by Gasteiger charge is -2.14. The van der Waals surface area contributed by atoms with Crippen LogP contribution >= 0.6 is 22.6 Å². The zero-order valence-corrected chi connectivity index (χ0v) is 20.0. The van der Waals surface area contributed by atoms with Crippen LogP contribution in [0.1, 0.15) is 22.3 Å². The van der Waals surface area contributed by atoms with Gasteiger partial charge in [0.05, 0.1) is 25.1 Å². The third kappa shape index (κ3) is 4.32. The van der Waals surface area contributed by atoms with E-state index in [1.165, 1.54) is 6.07 Å². The molecule has 0 saturated carbocycles. The second kappa shape index (κ2) is 9.27. The van der Waals surface area contributed by atoms with E-state index in [2.05, 4.69) is 45.0 Å². The number of rotatable bonds is 5. The van der Waals surface area contributed by atoms with Crippen molar-refractivity contribution in [3.05, 3.63) is 101 Å².